The number of aromatic nitrogens is 1. The quantitative estimate of drug-likeness (QED) is 0.892. The molecule has 0 amide bonds. The molecule has 1 aromatic rings. The maximum absolute atomic E-state index is 12.6. The highest BCUT2D eigenvalue weighted by atomic mass is 19.4. The van der Waals surface area contributed by atoms with Crippen molar-refractivity contribution in [2.24, 2.45) is 5.92 Å². The number of pyridine rings is 1. The fraction of sp³-hybridized carbons (Fsp3) is 0.538. The number of rotatable bonds is 4. The lowest BCUT2D eigenvalue weighted by Gasteiger charge is -2.15. The zero-order chi connectivity index (χ0) is 15.6. The van der Waals surface area contributed by atoms with Gasteiger partial charge in [-0.15, -0.1) is 0 Å². The van der Waals surface area contributed by atoms with Crippen LogP contribution in [-0.2, 0) is 6.18 Å². The van der Waals surface area contributed by atoms with Crippen LogP contribution in [0.4, 0.5) is 19.0 Å². The van der Waals surface area contributed by atoms with Crippen LogP contribution in [0.15, 0.2) is 12.1 Å². The van der Waals surface area contributed by atoms with Crippen molar-refractivity contribution in [3.05, 3.63) is 23.4 Å². The van der Waals surface area contributed by atoms with Gasteiger partial charge in [-0.05, 0) is 38.1 Å². The van der Waals surface area contributed by atoms with Crippen LogP contribution < -0.4 is 5.32 Å². The third kappa shape index (κ3) is 3.84. The second-order valence-electron chi connectivity index (χ2n) is 5.19. The predicted octanol–water partition coefficient (Wildman–Crippen LogP) is 2.16. The van der Waals surface area contributed by atoms with Crippen LogP contribution in [0.25, 0.3) is 0 Å². The maximum Gasteiger partial charge on any atom is 0.433 e. The number of likely N-dealkylation sites (tertiary alicyclic amines) is 1. The molecule has 2 heterocycles. The minimum absolute atomic E-state index is 0.230. The number of carboxylic acid groups (broad SMARTS) is 1. The summed E-state index contributed by atoms with van der Waals surface area (Å²) in [5.74, 6) is -1.26. The highest BCUT2D eigenvalue weighted by Crippen LogP contribution is 2.29. The first-order valence-corrected chi connectivity index (χ1v) is 6.51. The summed E-state index contributed by atoms with van der Waals surface area (Å²) in [4.78, 5) is 16.6. The van der Waals surface area contributed by atoms with Crippen molar-refractivity contribution >= 4 is 11.8 Å². The molecule has 21 heavy (non-hydrogen) atoms. The van der Waals surface area contributed by atoms with E-state index in [4.69, 9.17) is 5.11 Å². The van der Waals surface area contributed by atoms with Gasteiger partial charge in [0.15, 0.2) is 0 Å². The Bertz CT molecular complexity index is 534. The molecule has 0 saturated carbocycles. The average molecular weight is 303 g/mol. The number of carbonyl (C=O) groups is 1. The van der Waals surface area contributed by atoms with Crippen LogP contribution in [0.5, 0.6) is 0 Å². The molecule has 0 radical (unpaired) electrons. The minimum atomic E-state index is -4.60. The van der Waals surface area contributed by atoms with E-state index in [1.807, 2.05) is 7.05 Å². The van der Waals surface area contributed by atoms with E-state index in [1.165, 1.54) is 0 Å². The lowest BCUT2D eigenvalue weighted by atomic mass is 10.1. The van der Waals surface area contributed by atoms with Gasteiger partial charge in [-0.25, -0.2) is 9.78 Å². The predicted molar refractivity (Wildman–Crippen MR) is 70.3 cm³/mol. The Morgan fingerprint density at radius 2 is 2.24 bits per heavy atom. The summed E-state index contributed by atoms with van der Waals surface area (Å²) in [6.45, 7) is 2.15. The first-order valence-electron chi connectivity index (χ1n) is 6.51. The van der Waals surface area contributed by atoms with Crippen molar-refractivity contribution in [2.45, 2.75) is 12.6 Å². The van der Waals surface area contributed by atoms with Gasteiger partial charge >= 0.3 is 12.1 Å². The Morgan fingerprint density at radius 1 is 1.52 bits per heavy atom. The summed E-state index contributed by atoms with van der Waals surface area (Å²) in [6, 6.07) is 1.61. The van der Waals surface area contributed by atoms with Gasteiger partial charge in [0, 0.05) is 13.1 Å². The number of alkyl halides is 3. The fourth-order valence-corrected chi connectivity index (χ4v) is 2.36. The van der Waals surface area contributed by atoms with E-state index in [2.05, 4.69) is 15.2 Å². The SMILES string of the molecule is CN1CCC(CNc2nc(C(F)(F)F)ccc2C(=O)O)C1. The van der Waals surface area contributed by atoms with Gasteiger partial charge in [-0.2, -0.15) is 13.2 Å². The molecule has 0 bridgehead atoms. The highest BCUT2D eigenvalue weighted by molar-refractivity contribution is 5.93. The fourth-order valence-electron chi connectivity index (χ4n) is 2.36. The summed E-state index contributed by atoms with van der Waals surface area (Å²) in [5.41, 5.74) is -1.35. The third-order valence-corrected chi connectivity index (χ3v) is 3.46. The van der Waals surface area contributed by atoms with Gasteiger partial charge in [0.1, 0.15) is 17.1 Å². The number of nitrogens with zero attached hydrogens (tertiary/aromatic N) is 2. The first-order chi connectivity index (χ1) is 9.77. The Morgan fingerprint density at radius 3 is 2.76 bits per heavy atom. The number of anilines is 1. The summed E-state index contributed by atoms with van der Waals surface area (Å²) in [5, 5.41) is 11.8. The van der Waals surface area contributed by atoms with Gasteiger partial charge in [-0.1, -0.05) is 0 Å². The summed E-state index contributed by atoms with van der Waals surface area (Å²) in [7, 11) is 1.96. The van der Waals surface area contributed by atoms with Gasteiger partial charge in [0.25, 0.3) is 0 Å². The molecule has 1 aromatic heterocycles. The largest absolute Gasteiger partial charge is 0.478 e. The Balaban J connectivity index is 2.16. The van der Waals surface area contributed by atoms with E-state index in [0.717, 1.165) is 25.6 Å². The molecule has 5 nitrogen and oxygen atoms in total. The van der Waals surface area contributed by atoms with E-state index in [0.29, 0.717) is 12.6 Å². The molecule has 1 atom stereocenters. The molecule has 8 heteroatoms. The number of nitrogens with one attached hydrogen (secondary N) is 1. The van der Waals surface area contributed by atoms with Crippen molar-refractivity contribution < 1.29 is 23.1 Å². The van der Waals surface area contributed by atoms with E-state index in [9.17, 15) is 18.0 Å². The molecule has 0 spiro atoms. The molecule has 0 aliphatic carbocycles. The van der Waals surface area contributed by atoms with Gasteiger partial charge < -0.3 is 15.3 Å². The van der Waals surface area contributed by atoms with Crippen molar-refractivity contribution in [3.63, 3.8) is 0 Å². The van der Waals surface area contributed by atoms with E-state index < -0.39 is 17.8 Å². The van der Waals surface area contributed by atoms with Crippen molar-refractivity contribution in [2.75, 3.05) is 32.0 Å². The Kier molecular flexibility index (Phi) is 4.36. The Labute approximate surface area is 119 Å². The topological polar surface area (TPSA) is 65.5 Å². The standard InChI is InChI=1S/C13H16F3N3O2/c1-19-5-4-8(7-19)6-17-11-9(12(20)21)2-3-10(18-11)13(14,15)16/h2-3,8H,4-7H2,1H3,(H,17,18)(H,20,21). The molecular formula is C13H16F3N3O2. The first kappa shape index (κ1) is 15.6. The smallest absolute Gasteiger partial charge is 0.433 e. The summed E-state index contributed by atoms with van der Waals surface area (Å²) >= 11 is 0. The number of carboxylic acids is 1. The molecule has 0 aromatic carbocycles. The normalized spacial score (nSPS) is 19.7. The lowest BCUT2D eigenvalue weighted by molar-refractivity contribution is -0.141. The van der Waals surface area contributed by atoms with Crippen LogP contribution >= 0.6 is 0 Å². The van der Waals surface area contributed by atoms with E-state index >= 15 is 0 Å². The average Bonchev–Trinajstić information content (AvgIpc) is 2.80. The van der Waals surface area contributed by atoms with Gasteiger partial charge in [-0.3, -0.25) is 0 Å². The molecule has 116 valence electrons. The second kappa shape index (κ2) is 5.88. The maximum atomic E-state index is 12.6. The van der Waals surface area contributed by atoms with Crippen molar-refractivity contribution in [3.8, 4) is 0 Å². The zero-order valence-corrected chi connectivity index (χ0v) is 11.4. The number of aromatic carboxylic acids is 1. The van der Waals surface area contributed by atoms with E-state index in [1.54, 1.807) is 0 Å². The van der Waals surface area contributed by atoms with Gasteiger partial charge in [0.05, 0.1) is 0 Å². The summed E-state index contributed by atoms with van der Waals surface area (Å²) in [6.07, 6.45) is -3.67. The highest BCUT2D eigenvalue weighted by Gasteiger charge is 2.33. The van der Waals surface area contributed by atoms with Crippen LogP contribution in [0.1, 0.15) is 22.5 Å². The monoisotopic (exact) mass is 303 g/mol. The molecular weight excluding hydrogens is 287 g/mol. The summed E-state index contributed by atoms with van der Waals surface area (Å²) < 4.78 is 37.9. The van der Waals surface area contributed by atoms with Crippen LogP contribution in [-0.4, -0.2) is 47.6 Å². The molecule has 1 fully saturated rings. The number of halogens is 3. The van der Waals surface area contributed by atoms with Gasteiger partial charge in [0.2, 0.25) is 0 Å². The van der Waals surface area contributed by atoms with Crippen LogP contribution in [0, 0.1) is 5.92 Å². The van der Waals surface area contributed by atoms with E-state index in [-0.39, 0.29) is 17.3 Å². The molecule has 1 unspecified atom stereocenters. The van der Waals surface area contributed by atoms with Crippen LogP contribution in [0.2, 0.25) is 0 Å². The molecule has 1 aliphatic rings. The van der Waals surface area contributed by atoms with Crippen molar-refractivity contribution in [1.29, 1.82) is 0 Å². The lowest BCUT2D eigenvalue weighted by Crippen LogP contribution is -2.21. The molecule has 1 saturated heterocycles. The number of hydrogen-bond acceptors (Lipinski definition) is 4. The molecule has 2 rings (SSSR count). The molecule has 1 aliphatic heterocycles. The van der Waals surface area contributed by atoms with Crippen molar-refractivity contribution in [1.82, 2.24) is 9.88 Å². The minimum Gasteiger partial charge on any atom is -0.478 e. The third-order valence-electron chi connectivity index (χ3n) is 3.46. The Hall–Kier alpha value is -1.83. The van der Waals surface area contributed by atoms with Crippen LogP contribution in [0.3, 0.4) is 0 Å². The zero-order valence-electron chi connectivity index (χ0n) is 11.4. The molecule has 2 N–H and O–H groups in total. The number of hydrogen-bond donors (Lipinski definition) is 2. The second-order valence-corrected chi connectivity index (χ2v) is 5.19.